The average Bonchev–Trinajstić information content (AvgIpc) is 3.17. The minimum Gasteiger partial charge on any atom is -0.356 e. The molecule has 0 amide bonds. The summed E-state index contributed by atoms with van der Waals surface area (Å²) >= 11 is 0. The van der Waals surface area contributed by atoms with Crippen molar-refractivity contribution < 1.29 is 8.78 Å². The number of nitrogens with zero attached hydrogens (tertiary/aromatic N) is 3. The maximum atomic E-state index is 13.7. The van der Waals surface area contributed by atoms with Gasteiger partial charge >= 0.3 is 0 Å². The van der Waals surface area contributed by atoms with Crippen LogP contribution in [0.3, 0.4) is 0 Å². The number of imidazole rings is 1. The fraction of sp³-hybridized carbons (Fsp3) is 0.238. The third-order valence-corrected chi connectivity index (χ3v) is 4.38. The van der Waals surface area contributed by atoms with Crippen LogP contribution in [0, 0.1) is 11.6 Å². The molecule has 1 aromatic heterocycles. The Morgan fingerprint density at radius 3 is 2.68 bits per heavy atom. The predicted molar refractivity (Wildman–Crippen MR) is 107 cm³/mol. The van der Waals surface area contributed by atoms with Crippen LogP contribution >= 0.6 is 0 Å². The Hall–Kier alpha value is -3.22. The number of benzene rings is 2. The number of aliphatic imine (C=N–C) groups is 1. The lowest BCUT2D eigenvalue weighted by atomic mass is 10.1. The fourth-order valence-corrected chi connectivity index (χ4v) is 2.94. The fourth-order valence-electron chi connectivity index (χ4n) is 2.94. The van der Waals surface area contributed by atoms with Gasteiger partial charge in [0.2, 0.25) is 0 Å². The van der Waals surface area contributed by atoms with Crippen molar-refractivity contribution in [3.8, 4) is 11.3 Å². The summed E-state index contributed by atoms with van der Waals surface area (Å²) < 4.78 is 27.0. The maximum Gasteiger partial charge on any atom is 0.193 e. The van der Waals surface area contributed by atoms with Gasteiger partial charge in [0, 0.05) is 20.6 Å². The first-order chi connectivity index (χ1) is 13.6. The van der Waals surface area contributed by atoms with Crippen LogP contribution in [0.1, 0.15) is 11.4 Å². The van der Waals surface area contributed by atoms with Crippen LogP contribution in [-0.2, 0) is 13.0 Å². The molecule has 0 unspecified atom stereocenters. The van der Waals surface area contributed by atoms with Crippen molar-refractivity contribution >= 4 is 5.96 Å². The van der Waals surface area contributed by atoms with Crippen molar-refractivity contribution in [2.24, 2.45) is 4.99 Å². The third-order valence-electron chi connectivity index (χ3n) is 4.38. The molecular weight excluding hydrogens is 360 g/mol. The van der Waals surface area contributed by atoms with Crippen LogP contribution in [-0.4, -0.2) is 41.5 Å². The predicted octanol–water partition coefficient (Wildman–Crippen LogP) is 3.60. The van der Waals surface area contributed by atoms with Gasteiger partial charge in [-0.05, 0) is 23.6 Å². The van der Waals surface area contributed by atoms with E-state index in [9.17, 15) is 8.78 Å². The minimum atomic E-state index is -0.828. The van der Waals surface area contributed by atoms with Crippen molar-refractivity contribution in [3.63, 3.8) is 0 Å². The van der Waals surface area contributed by atoms with Crippen LogP contribution in [0.4, 0.5) is 8.78 Å². The van der Waals surface area contributed by atoms with Crippen molar-refractivity contribution in [3.05, 3.63) is 77.8 Å². The number of aromatic nitrogens is 2. The Bertz CT molecular complexity index is 937. The lowest BCUT2D eigenvalue weighted by Crippen LogP contribution is -2.39. The molecule has 0 aliphatic carbocycles. The summed E-state index contributed by atoms with van der Waals surface area (Å²) in [6.07, 6.45) is 2.16. The van der Waals surface area contributed by atoms with Crippen molar-refractivity contribution in [1.29, 1.82) is 0 Å². The highest BCUT2D eigenvalue weighted by molar-refractivity contribution is 5.79. The SMILES string of the molecule is CN=C(NCCc1cccc(F)c1F)N(C)Cc1ncc(-c2ccccc2)[nH]1. The normalized spacial score (nSPS) is 11.5. The van der Waals surface area contributed by atoms with Crippen molar-refractivity contribution in [2.75, 3.05) is 20.6 Å². The molecule has 146 valence electrons. The molecule has 2 aromatic carbocycles. The molecule has 0 fully saturated rings. The zero-order chi connectivity index (χ0) is 19.9. The lowest BCUT2D eigenvalue weighted by molar-refractivity contribution is 0.463. The molecule has 0 aliphatic rings. The van der Waals surface area contributed by atoms with E-state index in [1.807, 2.05) is 42.3 Å². The van der Waals surface area contributed by atoms with Gasteiger partial charge in [0.15, 0.2) is 17.6 Å². The van der Waals surface area contributed by atoms with E-state index in [1.165, 1.54) is 6.07 Å². The molecule has 0 radical (unpaired) electrons. The molecule has 0 bridgehead atoms. The summed E-state index contributed by atoms with van der Waals surface area (Å²) in [7, 11) is 3.57. The summed E-state index contributed by atoms with van der Waals surface area (Å²) in [6.45, 7) is 0.964. The molecule has 28 heavy (non-hydrogen) atoms. The maximum absolute atomic E-state index is 13.7. The second-order valence-corrected chi connectivity index (χ2v) is 6.40. The molecule has 0 saturated carbocycles. The van der Waals surface area contributed by atoms with Gasteiger partial charge < -0.3 is 15.2 Å². The summed E-state index contributed by atoms with van der Waals surface area (Å²) in [4.78, 5) is 13.9. The molecule has 3 rings (SSSR count). The van der Waals surface area contributed by atoms with Gasteiger partial charge in [-0.1, -0.05) is 42.5 Å². The smallest absolute Gasteiger partial charge is 0.193 e. The average molecular weight is 383 g/mol. The van der Waals surface area contributed by atoms with Gasteiger partial charge in [0.25, 0.3) is 0 Å². The molecule has 1 heterocycles. The number of halogens is 2. The lowest BCUT2D eigenvalue weighted by Gasteiger charge is -2.21. The molecule has 3 aromatic rings. The van der Waals surface area contributed by atoms with Gasteiger partial charge in [-0.3, -0.25) is 4.99 Å². The Kier molecular flexibility index (Phi) is 6.37. The van der Waals surface area contributed by atoms with Crippen molar-refractivity contribution in [2.45, 2.75) is 13.0 Å². The third kappa shape index (κ3) is 4.73. The first-order valence-electron chi connectivity index (χ1n) is 9.02. The number of guanidine groups is 1. The van der Waals surface area contributed by atoms with Gasteiger partial charge in [-0.2, -0.15) is 0 Å². The topological polar surface area (TPSA) is 56.3 Å². The van der Waals surface area contributed by atoms with E-state index in [0.717, 1.165) is 23.1 Å². The molecule has 0 aliphatic heterocycles. The summed E-state index contributed by atoms with van der Waals surface area (Å²) in [5.74, 6) is -0.169. The monoisotopic (exact) mass is 383 g/mol. The molecule has 0 spiro atoms. The molecule has 0 saturated heterocycles. The molecule has 5 nitrogen and oxygen atoms in total. The largest absolute Gasteiger partial charge is 0.356 e. The number of aromatic amines is 1. The van der Waals surface area contributed by atoms with Crippen LogP contribution < -0.4 is 5.32 Å². The van der Waals surface area contributed by atoms with Gasteiger partial charge in [0.05, 0.1) is 18.4 Å². The van der Waals surface area contributed by atoms with E-state index in [2.05, 4.69) is 20.3 Å². The first-order valence-corrected chi connectivity index (χ1v) is 9.02. The number of hydrogen-bond acceptors (Lipinski definition) is 2. The number of rotatable bonds is 6. The zero-order valence-corrected chi connectivity index (χ0v) is 15.9. The van der Waals surface area contributed by atoms with Gasteiger partial charge in [-0.15, -0.1) is 0 Å². The Morgan fingerprint density at radius 2 is 1.93 bits per heavy atom. The molecule has 2 N–H and O–H groups in total. The van der Waals surface area contributed by atoms with Crippen LogP contribution in [0.5, 0.6) is 0 Å². The highest BCUT2D eigenvalue weighted by Crippen LogP contribution is 2.16. The number of nitrogens with one attached hydrogen (secondary N) is 2. The van der Waals surface area contributed by atoms with Crippen LogP contribution in [0.2, 0.25) is 0 Å². The standard InChI is InChI=1S/C21H23F2N5/c1-24-21(25-12-11-16-9-6-10-17(22)20(16)23)28(2)14-19-26-13-18(27-19)15-7-4-3-5-8-15/h3-10,13H,11-12,14H2,1-2H3,(H,24,25)(H,26,27). The second kappa shape index (κ2) is 9.12. The number of hydrogen-bond donors (Lipinski definition) is 2. The Balaban J connectivity index is 1.56. The van der Waals surface area contributed by atoms with E-state index < -0.39 is 11.6 Å². The van der Waals surface area contributed by atoms with Gasteiger partial charge in [-0.25, -0.2) is 13.8 Å². The minimum absolute atomic E-state index is 0.337. The van der Waals surface area contributed by atoms with Crippen molar-refractivity contribution in [1.82, 2.24) is 20.2 Å². The van der Waals surface area contributed by atoms with E-state index in [1.54, 1.807) is 19.3 Å². The van der Waals surface area contributed by atoms with Crippen LogP contribution in [0.25, 0.3) is 11.3 Å². The van der Waals surface area contributed by atoms with E-state index >= 15 is 0 Å². The summed E-state index contributed by atoms with van der Waals surface area (Å²) in [5.41, 5.74) is 2.36. The first kappa shape index (κ1) is 19.5. The highest BCUT2D eigenvalue weighted by atomic mass is 19.2. The second-order valence-electron chi connectivity index (χ2n) is 6.40. The van der Waals surface area contributed by atoms with Gasteiger partial charge in [0.1, 0.15) is 5.82 Å². The van der Waals surface area contributed by atoms with E-state index in [4.69, 9.17) is 0 Å². The Morgan fingerprint density at radius 1 is 1.14 bits per heavy atom. The quantitative estimate of drug-likeness (QED) is 0.505. The number of H-pyrrole nitrogens is 1. The van der Waals surface area contributed by atoms with Crippen LogP contribution in [0.15, 0.2) is 59.7 Å². The summed E-state index contributed by atoms with van der Waals surface area (Å²) in [5, 5.41) is 3.17. The summed E-state index contributed by atoms with van der Waals surface area (Å²) in [6, 6.07) is 14.2. The van der Waals surface area contributed by atoms with E-state index in [0.29, 0.717) is 31.0 Å². The highest BCUT2D eigenvalue weighted by Gasteiger charge is 2.11. The van der Waals surface area contributed by atoms with E-state index in [-0.39, 0.29) is 0 Å². The zero-order valence-electron chi connectivity index (χ0n) is 15.9. The molecule has 7 heteroatoms. The molecular formula is C21H23F2N5. The molecule has 0 atom stereocenters. The Labute approximate surface area is 163 Å².